The van der Waals surface area contributed by atoms with Crippen molar-refractivity contribution in [2.75, 3.05) is 4.90 Å². The zero-order valence-corrected chi connectivity index (χ0v) is 12.7. The third kappa shape index (κ3) is 2.01. The molecule has 0 spiro atoms. The minimum absolute atomic E-state index is 0.0730. The molecule has 1 aromatic heterocycles. The van der Waals surface area contributed by atoms with E-state index in [1.54, 1.807) is 19.2 Å². The van der Waals surface area contributed by atoms with E-state index in [1.807, 2.05) is 12.1 Å². The van der Waals surface area contributed by atoms with E-state index < -0.39 is 11.6 Å². The maximum Gasteiger partial charge on any atom is 0.258 e. The Balaban J connectivity index is 1.91. The summed E-state index contributed by atoms with van der Waals surface area (Å²) in [6.45, 7) is 0.297. The fourth-order valence-electron chi connectivity index (χ4n) is 2.94. The molecule has 0 saturated heterocycles. The van der Waals surface area contributed by atoms with Crippen LogP contribution >= 0.6 is 0 Å². The minimum atomic E-state index is -1.05. The van der Waals surface area contributed by atoms with Crippen molar-refractivity contribution in [3.8, 4) is 11.4 Å². The van der Waals surface area contributed by atoms with E-state index in [-0.39, 0.29) is 23.0 Å². The lowest BCUT2D eigenvalue weighted by atomic mass is 10.1. The van der Waals surface area contributed by atoms with E-state index in [0.717, 1.165) is 11.6 Å². The number of aromatic nitrogens is 3. The molecule has 4 rings (SSSR count). The number of hydrogen-bond acceptors (Lipinski definition) is 3. The Bertz CT molecular complexity index is 967. The van der Waals surface area contributed by atoms with E-state index in [9.17, 15) is 13.6 Å². The van der Waals surface area contributed by atoms with E-state index >= 15 is 0 Å². The molecule has 0 bridgehead atoms. The molecule has 0 atom stereocenters. The third-order valence-corrected chi connectivity index (χ3v) is 4.12. The largest absolute Gasteiger partial charge is 0.317 e. The number of anilines is 1. The molecular formula is C17H12F2N4O. The Kier molecular flexibility index (Phi) is 3.16. The highest BCUT2D eigenvalue weighted by molar-refractivity contribution is 6.11. The van der Waals surface area contributed by atoms with Crippen LogP contribution < -0.4 is 4.90 Å². The summed E-state index contributed by atoms with van der Waals surface area (Å²) in [7, 11) is 1.63. The van der Waals surface area contributed by atoms with Gasteiger partial charge in [0, 0.05) is 12.6 Å². The summed E-state index contributed by atoms with van der Waals surface area (Å²) in [6.07, 6.45) is 1.39. The van der Waals surface area contributed by atoms with Gasteiger partial charge in [0.15, 0.2) is 17.5 Å². The van der Waals surface area contributed by atoms with Gasteiger partial charge in [-0.2, -0.15) is 0 Å². The van der Waals surface area contributed by atoms with Crippen LogP contribution in [0.1, 0.15) is 15.9 Å². The first-order valence-corrected chi connectivity index (χ1v) is 7.30. The van der Waals surface area contributed by atoms with Gasteiger partial charge in [-0.3, -0.25) is 4.79 Å². The second-order valence-corrected chi connectivity index (χ2v) is 5.57. The van der Waals surface area contributed by atoms with Crippen LogP contribution in [0.4, 0.5) is 14.5 Å². The van der Waals surface area contributed by atoms with Gasteiger partial charge >= 0.3 is 0 Å². The van der Waals surface area contributed by atoms with Crippen LogP contribution in [0.5, 0.6) is 0 Å². The highest BCUT2D eigenvalue weighted by atomic mass is 19.2. The molecule has 0 saturated carbocycles. The van der Waals surface area contributed by atoms with Crippen LogP contribution in [-0.4, -0.2) is 20.7 Å². The average molecular weight is 326 g/mol. The maximum absolute atomic E-state index is 14.5. The van der Waals surface area contributed by atoms with Crippen LogP contribution in [0.2, 0.25) is 0 Å². The number of nitrogens with zero attached hydrogens (tertiary/aromatic N) is 4. The summed E-state index contributed by atoms with van der Waals surface area (Å²) < 4.78 is 29.8. The summed E-state index contributed by atoms with van der Waals surface area (Å²) in [6, 6.07) is 9.58. The molecule has 0 N–H and O–H groups in total. The first kappa shape index (κ1) is 14.5. The van der Waals surface area contributed by atoms with Crippen LogP contribution in [-0.2, 0) is 13.6 Å². The second kappa shape index (κ2) is 5.23. The Morgan fingerprint density at radius 1 is 1.12 bits per heavy atom. The summed E-state index contributed by atoms with van der Waals surface area (Å²) in [5.41, 5.74) is 1.60. The highest BCUT2D eigenvalue weighted by Gasteiger charge is 2.32. The number of amides is 1. The molecule has 1 aliphatic rings. The molecule has 0 fully saturated rings. The van der Waals surface area contributed by atoms with Crippen molar-refractivity contribution in [2.24, 2.45) is 7.05 Å². The van der Waals surface area contributed by atoms with Crippen molar-refractivity contribution in [1.82, 2.24) is 14.8 Å². The van der Waals surface area contributed by atoms with Crippen molar-refractivity contribution in [1.29, 1.82) is 0 Å². The van der Waals surface area contributed by atoms with Gasteiger partial charge in [-0.1, -0.05) is 18.2 Å². The van der Waals surface area contributed by atoms with E-state index in [2.05, 4.69) is 10.2 Å². The Morgan fingerprint density at radius 2 is 1.92 bits per heavy atom. The summed E-state index contributed by atoms with van der Waals surface area (Å²) in [5, 5.41) is 7.58. The van der Waals surface area contributed by atoms with Gasteiger partial charge in [0.1, 0.15) is 6.33 Å². The molecule has 0 aliphatic carbocycles. The predicted molar refractivity (Wildman–Crippen MR) is 83.3 cm³/mol. The van der Waals surface area contributed by atoms with E-state index in [0.29, 0.717) is 12.1 Å². The lowest BCUT2D eigenvalue weighted by molar-refractivity contribution is 0.0996. The second-order valence-electron chi connectivity index (χ2n) is 5.57. The Morgan fingerprint density at radius 3 is 2.62 bits per heavy atom. The number of fused-ring (bicyclic) bond motifs is 1. The highest BCUT2D eigenvalue weighted by Crippen LogP contribution is 2.37. The topological polar surface area (TPSA) is 51.0 Å². The number of hydrogen-bond donors (Lipinski definition) is 0. The van der Waals surface area contributed by atoms with Crippen molar-refractivity contribution in [3.63, 3.8) is 0 Å². The summed E-state index contributed by atoms with van der Waals surface area (Å²) in [4.78, 5) is 14.1. The molecule has 0 radical (unpaired) electrons. The van der Waals surface area contributed by atoms with Crippen molar-refractivity contribution < 1.29 is 13.6 Å². The van der Waals surface area contributed by atoms with Crippen LogP contribution in [0.25, 0.3) is 11.4 Å². The van der Waals surface area contributed by atoms with Crippen LogP contribution in [0, 0.1) is 11.6 Å². The first-order valence-electron chi connectivity index (χ1n) is 7.30. The number of rotatable bonds is 2. The fourth-order valence-corrected chi connectivity index (χ4v) is 2.94. The van der Waals surface area contributed by atoms with Gasteiger partial charge in [0.05, 0.1) is 17.8 Å². The van der Waals surface area contributed by atoms with Gasteiger partial charge in [-0.05, 0) is 23.8 Å². The van der Waals surface area contributed by atoms with Crippen LogP contribution in [0.3, 0.4) is 0 Å². The average Bonchev–Trinajstić information content (AvgIpc) is 3.14. The minimum Gasteiger partial charge on any atom is -0.317 e. The molecule has 2 heterocycles. The molecular weight excluding hydrogens is 314 g/mol. The molecule has 3 aromatic rings. The first-order chi connectivity index (χ1) is 11.6. The zero-order chi connectivity index (χ0) is 16.8. The molecule has 7 heteroatoms. The lowest BCUT2D eigenvalue weighted by Gasteiger charge is -2.20. The van der Waals surface area contributed by atoms with Crippen molar-refractivity contribution >= 4 is 11.6 Å². The van der Waals surface area contributed by atoms with E-state index in [1.165, 1.54) is 21.9 Å². The number of benzene rings is 2. The van der Waals surface area contributed by atoms with Gasteiger partial charge in [0.2, 0.25) is 0 Å². The van der Waals surface area contributed by atoms with Gasteiger partial charge in [-0.15, -0.1) is 10.2 Å². The number of halogens is 2. The normalized spacial score (nSPS) is 13.5. The van der Waals surface area contributed by atoms with Gasteiger partial charge in [0.25, 0.3) is 5.91 Å². The monoisotopic (exact) mass is 326 g/mol. The van der Waals surface area contributed by atoms with Gasteiger partial charge in [-0.25, -0.2) is 8.78 Å². The summed E-state index contributed by atoms with van der Waals surface area (Å²) >= 11 is 0. The zero-order valence-electron chi connectivity index (χ0n) is 12.7. The predicted octanol–water partition coefficient (Wildman–Crippen LogP) is 2.92. The number of aryl methyl sites for hydroxylation is 1. The molecule has 24 heavy (non-hydrogen) atoms. The SMILES string of the molecule is Cn1cnnc1-c1c(N2Cc3ccccc3C2=O)ccc(F)c1F. The van der Waals surface area contributed by atoms with Gasteiger partial charge < -0.3 is 9.47 Å². The van der Waals surface area contributed by atoms with Crippen molar-refractivity contribution in [2.45, 2.75) is 6.54 Å². The number of carbonyl (C=O) groups is 1. The van der Waals surface area contributed by atoms with Crippen LogP contribution in [0.15, 0.2) is 42.7 Å². The standard InChI is InChI=1S/C17H12F2N4O/c1-22-9-20-21-16(22)14-13(7-6-12(18)15(14)19)23-8-10-4-2-3-5-11(10)17(23)24/h2-7,9H,8H2,1H3. The quantitative estimate of drug-likeness (QED) is 0.727. The molecule has 120 valence electrons. The third-order valence-electron chi connectivity index (χ3n) is 4.12. The van der Waals surface area contributed by atoms with E-state index in [4.69, 9.17) is 0 Å². The Labute approximate surface area is 136 Å². The molecule has 2 aromatic carbocycles. The summed E-state index contributed by atoms with van der Waals surface area (Å²) in [5.74, 6) is -2.14. The fraction of sp³-hybridized carbons (Fsp3) is 0.118. The molecule has 0 unspecified atom stereocenters. The van der Waals surface area contributed by atoms with Crippen molar-refractivity contribution in [3.05, 3.63) is 65.5 Å². The maximum atomic E-state index is 14.5. The lowest BCUT2D eigenvalue weighted by Crippen LogP contribution is -2.24. The molecule has 5 nitrogen and oxygen atoms in total. The molecule has 1 amide bonds. The molecule has 1 aliphatic heterocycles. The number of carbonyl (C=O) groups excluding carboxylic acids is 1. The smallest absolute Gasteiger partial charge is 0.258 e. The Hall–Kier alpha value is -3.09.